The van der Waals surface area contributed by atoms with Gasteiger partial charge in [0.2, 0.25) is 5.92 Å². The zero-order valence-corrected chi connectivity index (χ0v) is 23.3. The third-order valence-electron chi connectivity index (χ3n) is 8.19. The van der Waals surface area contributed by atoms with E-state index in [9.17, 15) is 18.7 Å². The van der Waals surface area contributed by atoms with Crippen LogP contribution < -0.4 is 10.6 Å². The van der Waals surface area contributed by atoms with Gasteiger partial charge >= 0.3 is 6.03 Å². The topological polar surface area (TPSA) is 73.8 Å². The summed E-state index contributed by atoms with van der Waals surface area (Å²) in [6, 6.07) is 4.24. The molecule has 3 atom stereocenters. The summed E-state index contributed by atoms with van der Waals surface area (Å²) >= 11 is 6.08. The average Bonchev–Trinajstić information content (AvgIpc) is 2.89. The summed E-state index contributed by atoms with van der Waals surface area (Å²) in [5.41, 5.74) is -1.32. The SMILES string of the molecule is CNCC(CC1CCC(F)(F)CC1)NC(=O)N1CCC[C@@H]([C@@](O)(CCCCOC)c2cccc(Cl)c2F)C1. The molecule has 3 rings (SSSR count). The highest BCUT2D eigenvalue weighted by atomic mass is 35.5. The number of halogens is 4. The molecule has 6 nitrogen and oxygen atoms in total. The monoisotopic (exact) mass is 561 g/mol. The van der Waals surface area contributed by atoms with E-state index in [1.807, 2.05) is 0 Å². The van der Waals surface area contributed by atoms with E-state index in [2.05, 4.69) is 10.6 Å². The van der Waals surface area contributed by atoms with Gasteiger partial charge in [-0.1, -0.05) is 23.7 Å². The minimum absolute atomic E-state index is 0.0430. The molecule has 3 N–H and O–H groups in total. The molecule has 0 radical (unpaired) electrons. The van der Waals surface area contributed by atoms with Gasteiger partial charge in [0.1, 0.15) is 5.82 Å². The highest BCUT2D eigenvalue weighted by molar-refractivity contribution is 6.30. The summed E-state index contributed by atoms with van der Waals surface area (Å²) < 4.78 is 47.5. The number of likely N-dealkylation sites (N-methyl/N-ethyl adjacent to an activating group) is 1. The standard InChI is InChI=1S/C28H43ClF3N3O3/c1-33-18-22(17-20-10-13-27(31,32)14-11-20)34-26(36)35-15-6-7-21(19-35)28(37,12-3-4-16-38-2)23-8-5-9-24(29)25(23)30/h5,8-9,20-22,33,37H,3-4,6-7,10-19H2,1-2H3,(H,34,36)/t21-,22?,28+/m1/s1. The smallest absolute Gasteiger partial charge is 0.317 e. The van der Waals surface area contributed by atoms with Gasteiger partial charge in [-0.3, -0.25) is 0 Å². The van der Waals surface area contributed by atoms with Crippen LogP contribution in [0.4, 0.5) is 18.0 Å². The fraction of sp³-hybridized carbons (Fsp3) is 0.750. The van der Waals surface area contributed by atoms with E-state index >= 15 is 4.39 Å². The van der Waals surface area contributed by atoms with Crippen LogP contribution in [0.25, 0.3) is 0 Å². The van der Waals surface area contributed by atoms with Crippen LogP contribution in [0.1, 0.15) is 69.8 Å². The van der Waals surface area contributed by atoms with Crippen molar-refractivity contribution in [2.24, 2.45) is 11.8 Å². The Balaban J connectivity index is 1.70. The number of ether oxygens (including phenoxy) is 1. The number of hydrogen-bond acceptors (Lipinski definition) is 4. The largest absolute Gasteiger partial charge is 0.385 e. The number of carbonyl (C=O) groups is 1. The molecular weight excluding hydrogens is 519 g/mol. The number of carbonyl (C=O) groups excluding carboxylic acids is 1. The third-order valence-corrected chi connectivity index (χ3v) is 8.48. The number of likely N-dealkylation sites (tertiary alicyclic amines) is 1. The first-order chi connectivity index (χ1) is 18.1. The number of alkyl halides is 2. The van der Waals surface area contributed by atoms with Crippen molar-refractivity contribution in [3.05, 3.63) is 34.6 Å². The summed E-state index contributed by atoms with van der Waals surface area (Å²) in [6.45, 7) is 1.88. The Bertz CT molecular complexity index is 899. The van der Waals surface area contributed by atoms with Crippen LogP contribution in [0.3, 0.4) is 0 Å². The average molecular weight is 562 g/mol. The maximum atomic E-state index is 15.1. The van der Waals surface area contributed by atoms with Gasteiger partial charge in [-0.2, -0.15) is 0 Å². The number of methoxy groups -OCH3 is 1. The van der Waals surface area contributed by atoms with Crippen molar-refractivity contribution >= 4 is 17.6 Å². The minimum atomic E-state index is -2.58. The lowest BCUT2D eigenvalue weighted by Crippen LogP contribution is -2.54. The summed E-state index contributed by atoms with van der Waals surface area (Å²) in [5, 5.41) is 18.1. The molecule has 10 heteroatoms. The summed E-state index contributed by atoms with van der Waals surface area (Å²) in [5.74, 6) is -3.44. The van der Waals surface area contributed by atoms with Gasteiger partial charge in [0, 0.05) is 63.7 Å². The Kier molecular flexibility index (Phi) is 11.6. The van der Waals surface area contributed by atoms with Crippen LogP contribution >= 0.6 is 11.6 Å². The molecular formula is C28H43ClF3N3O3. The van der Waals surface area contributed by atoms with E-state index in [-0.39, 0.29) is 53.9 Å². The van der Waals surface area contributed by atoms with E-state index in [4.69, 9.17) is 16.3 Å². The zero-order valence-electron chi connectivity index (χ0n) is 22.6. The number of nitrogens with one attached hydrogen (secondary N) is 2. The quantitative estimate of drug-likeness (QED) is 0.286. The first-order valence-electron chi connectivity index (χ1n) is 13.8. The molecule has 1 saturated carbocycles. The highest BCUT2D eigenvalue weighted by Crippen LogP contribution is 2.42. The summed E-state index contributed by atoms with van der Waals surface area (Å²) in [6.07, 6.45) is 4.33. The lowest BCUT2D eigenvalue weighted by atomic mass is 9.74. The molecule has 1 aromatic rings. The lowest BCUT2D eigenvalue weighted by molar-refractivity contribution is -0.0589. The molecule has 1 unspecified atom stereocenters. The number of nitrogens with zero attached hydrogens (tertiary/aromatic N) is 1. The van der Waals surface area contributed by atoms with E-state index in [0.29, 0.717) is 64.6 Å². The lowest BCUT2D eigenvalue weighted by Gasteiger charge is -2.43. The number of benzene rings is 1. The van der Waals surface area contributed by atoms with Crippen LogP contribution in [-0.2, 0) is 10.3 Å². The van der Waals surface area contributed by atoms with Gasteiger partial charge in [0.25, 0.3) is 0 Å². The van der Waals surface area contributed by atoms with Gasteiger partial charge in [0.15, 0.2) is 0 Å². The van der Waals surface area contributed by atoms with Crippen molar-refractivity contribution in [3.8, 4) is 0 Å². The minimum Gasteiger partial charge on any atom is -0.385 e. The maximum absolute atomic E-state index is 15.1. The predicted molar refractivity (Wildman–Crippen MR) is 143 cm³/mol. The normalized spacial score (nSPS) is 22.6. The Hall–Kier alpha value is -1.55. The fourth-order valence-corrected chi connectivity index (χ4v) is 6.21. The molecule has 1 aliphatic heterocycles. The van der Waals surface area contributed by atoms with Gasteiger partial charge in [0.05, 0.1) is 10.6 Å². The fourth-order valence-electron chi connectivity index (χ4n) is 6.03. The number of urea groups is 1. The Morgan fingerprint density at radius 3 is 2.71 bits per heavy atom. The number of piperidine rings is 1. The predicted octanol–water partition coefficient (Wildman–Crippen LogP) is 5.71. The summed E-state index contributed by atoms with van der Waals surface area (Å²) in [7, 11) is 3.42. The second-order valence-electron chi connectivity index (χ2n) is 11.0. The van der Waals surface area contributed by atoms with Crippen LogP contribution in [-0.4, -0.2) is 68.4 Å². The Morgan fingerprint density at radius 2 is 2.03 bits per heavy atom. The second-order valence-corrected chi connectivity index (χ2v) is 11.4. The van der Waals surface area contributed by atoms with Crippen LogP contribution in [0.5, 0.6) is 0 Å². The zero-order chi connectivity index (χ0) is 27.8. The number of rotatable bonds is 12. The Morgan fingerprint density at radius 1 is 1.29 bits per heavy atom. The molecule has 38 heavy (non-hydrogen) atoms. The molecule has 1 heterocycles. The van der Waals surface area contributed by atoms with Gasteiger partial charge in [-0.25, -0.2) is 18.0 Å². The molecule has 0 spiro atoms. The van der Waals surface area contributed by atoms with E-state index in [0.717, 1.165) is 6.42 Å². The van der Waals surface area contributed by atoms with Crippen LogP contribution in [0, 0.1) is 17.7 Å². The highest BCUT2D eigenvalue weighted by Gasteiger charge is 2.43. The van der Waals surface area contributed by atoms with Gasteiger partial charge in [-0.05, 0) is 70.4 Å². The second kappa shape index (κ2) is 14.2. The first-order valence-corrected chi connectivity index (χ1v) is 14.2. The molecule has 0 aromatic heterocycles. The number of amides is 2. The van der Waals surface area contributed by atoms with Gasteiger partial charge in [-0.15, -0.1) is 0 Å². The van der Waals surface area contributed by atoms with Crippen molar-refractivity contribution < 1.29 is 27.8 Å². The van der Waals surface area contributed by atoms with Crippen molar-refractivity contribution in [3.63, 3.8) is 0 Å². The molecule has 1 aliphatic carbocycles. The number of aliphatic hydroxyl groups is 1. The molecule has 0 bridgehead atoms. The molecule has 2 aliphatic rings. The molecule has 1 saturated heterocycles. The third kappa shape index (κ3) is 8.23. The van der Waals surface area contributed by atoms with Crippen molar-refractivity contribution in [1.29, 1.82) is 0 Å². The molecule has 216 valence electrons. The van der Waals surface area contributed by atoms with E-state index < -0.39 is 17.3 Å². The number of unbranched alkanes of at least 4 members (excludes halogenated alkanes) is 1. The first kappa shape index (κ1) is 31.0. The van der Waals surface area contributed by atoms with E-state index in [1.165, 1.54) is 6.07 Å². The number of hydrogen-bond donors (Lipinski definition) is 3. The van der Waals surface area contributed by atoms with Crippen molar-refractivity contribution in [2.75, 3.05) is 40.4 Å². The Labute approximate surface area is 229 Å². The molecule has 2 fully saturated rings. The van der Waals surface area contributed by atoms with Gasteiger partial charge < -0.3 is 25.4 Å². The van der Waals surface area contributed by atoms with Crippen LogP contribution in [0.2, 0.25) is 5.02 Å². The van der Waals surface area contributed by atoms with E-state index in [1.54, 1.807) is 31.2 Å². The summed E-state index contributed by atoms with van der Waals surface area (Å²) in [4.78, 5) is 15.0. The maximum Gasteiger partial charge on any atom is 0.317 e. The van der Waals surface area contributed by atoms with Crippen molar-refractivity contribution in [2.45, 2.75) is 81.8 Å². The molecule has 2 amide bonds. The molecule has 1 aromatic carbocycles. The van der Waals surface area contributed by atoms with Crippen LogP contribution in [0.15, 0.2) is 18.2 Å². The van der Waals surface area contributed by atoms with Crippen molar-refractivity contribution in [1.82, 2.24) is 15.5 Å².